The molecule has 0 fully saturated rings. The first kappa shape index (κ1) is 20.2. The van der Waals surface area contributed by atoms with Crippen molar-refractivity contribution in [2.45, 2.75) is 19.9 Å². The van der Waals surface area contributed by atoms with E-state index in [-0.39, 0.29) is 24.3 Å². The van der Waals surface area contributed by atoms with Crippen LogP contribution in [0.2, 0.25) is 0 Å². The number of aliphatic hydroxyl groups excluding tert-OH is 1. The first-order chi connectivity index (χ1) is 14.0. The van der Waals surface area contributed by atoms with Crippen LogP contribution in [0.5, 0.6) is 0 Å². The van der Waals surface area contributed by atoms with E-state index in [0.717, 1.165) is 5.56 Å². The van der Waals surface area contributed by atoms with E-state index in [2.05, 4.69) is 25.6 Å². The number of hydrogen-bond acceptors (Lipinski definition) is 8. The molecular weight excluding hydrogens is 372 g/mol. The molecule has 0 unspecified atom stereocenters. The number of aromatic nitrogens is 3. The fourth-order valence-electron chi connectivity index (χ4n) is 2.64. The van der Waals surface area contributed by atoms with E-state index in [4.69, 9.17) is 0 Å². The van der Waals surface area contributed by atoms with Crippen molar-refractivity contribution in [3.8, 4) is 11.3 Å². The molecule has 0 spiro atoms. The number of anilines is 3. The van der Waals surface area contributed by atoms with E-state index in [1.54, 1.807) is 30.6 Å². The summed E-state index contributed by atoms with van der Waals surface area (Å²) < 4.78 is 0. The second kappa shape index (κ2) is 9.07. The van der Waals surface area contributed by atoms with Crippen molar-refractivity contribution < 1.29 is 10.0 Å². The molecule has 3 N–H and O–H groups in total. The van der Waals surface area contributed by atoms with Crippen LogP contribution in [-0.2, 0) is 0 Å². The highest BCUT2D eigenvalue weighted by atomic mass is 16.6. The Labute approximate surface area is 168 Å². The van der Waals surface area contributed by atoms with Crippen LogP contribution < -0.4 is 10.6 Å². The summed E-state index contributed by atoms with van der Waals surface area (Å²) in [5, 5.41) is 26.8. The number of rotatable bonds is 8. The zero-order valence-electron chi connectivity index (χ0n) is 16.1. The van der Waals surface area contributed by atoms with Crippen molar-refractivity contribution in [1.29, 1.82) is 0 Å². The van der Waals surface area contributed by atoms with Gasteiger partial charge in [0.15, 0.2) is 0 Å². The molecule has 3 rings (SSSR count). The summed E-state index contributed by atoms with van der Waals surface area (Å²) in [5.74, 6) is 1.05. The van der Waals surface area contributed by atoms with Gasteiger partial charge in [-0.2, -0.15) is 4.98 Å². The Balaban J connectivity index is 1.94. The number of nitro groups is 1. The van der Waals surface area contributed by atoms with Gasteiger partial charge in [0.2, 0.25) is 5.95 Å². The zero-order chi connectivity index (χ0) is 20.8. The average molecular weight is 394 g/mol. The van der Waals surface area contributed by atoms with Crippen LogP contribution in [0.1, 0.15) is 13.8 Å². The Bertz CT molecular complexity index is 964. The van der Waals surface area contributed by atoms with Crippen LogP contribution in [0.3, 0.4) is 0 Å². The summed E-state index contributed by atoms with van der Waals surface area (Å²) in [4.78, 5) is 23.6. The fraction of sp³-hybridized carbons (Fsp3) is 0.250. The molecule has 150 valence electrons. The summed E-state index contributed by atoms with van der Waals surface area (Å²) >= 11 is 0. The van der Waals surface area contributed by atoms with Gasteiger partial charge in [-0.1, -0.05) is 13.8 Å². The minimum absolute atomic E-state index is 0.0133. The molecule has 0 saturated heterocycles. The molecular formula is C20H22N6O3. The molecule has 0 aliphatic heterocycles. The smallest absolute Gasteiger partial charge is 0.269 e. The lowest BCUT2D eigenvalue weighted by atomic mass is 10.1. The molecule has 0 radical (unpaired) electrons. The van der Waals surface area contributed by atoms with Crippen molar-refractivity contribution in [2.24, 2.45) is 5.92 Å². The molecule has 0 aliphatic rings. The van der Waals surface area contributed by atoms with E-state index >= 15 is 0 Å². The molecule has 0 saturated carbocycles. The highest BCUT2D eigenvalue weighted by Crippen LogP contribution is 2.25. The van der Waals surface area contributed by atoms with E-state index in [1.165, 1.54) is 12.1 Å². The summed E-state index contributed by atoms with van der Waals surface area (Å²) in [6, 6.07) is 11.3. The van der Waals surface area contributed by atoms with Crippen molar-refractivity contribution in [1.82, 2.24) is 15.0 Å². The molecule has 1 aromatic carbocycles. The fourth-order valence-corrected chi connectivity index (χ4v) is 2.64. The van der Waals surface area contributed by atoms with Gasteiger partial charge in [-0.3, -0.25) is 15.1 Å². The molecule has 2 aromatic heterocycles. The van der Waals surface area contributed by atoms with Gasteiger partial charge in [0, 0.05) is 41.8 Å². The van der Waals surface area contributed by atoms with Gasteiger partial charge in [0.1, 0.15) is 5.82 Å². The number of aliphatic hydroxyl groups is 1. The first-order valence-electron chi connectivity index (χ1n) is 9.14. The molecule has 0 aliphatic carbocycles. The maximum atomic E-state index is 10.8. The van der Waals surface area contributed by atoms with E-state index in [0.29, 0.717) is 23.1 Å². The summed E-state index contributed by atoms with van der Waals surface area (Å²) in [6.45, 7) is 3.94. The van der Waals surface area contributed by atoms with Gasteiger partial charge >= 0.3 is 0 Å². The van der Waals surface area contributed by atoms with Gasteiger partial charge in [-0.05, 0) is 30.2 Å². The minimum Gasteiger partial charge on any atom is -0.394 e. The third kappa shape index (κ3) is 5.23. The molecule has 2 heterocycles. The van der Waals surface area contributed by atoms with Crippen LogP contribution in [-0.4, -0.2) is 37.6 Å². The van der Waals surface area contributed by atoms with Gasteiger partial charge in [-0.25, -0.2) is 4.98 Å². The first-order valence-corrected chi connectivity index (χ1v) is 9.14. The Morgan fingerprint density at radius 2 is 1.93 bits per heavy atom. The van der Waals surface area contributed by atoms with Gasteiger partial charge in [-0.15, -0.1) is 0 Å². The van der Waals surface area contributed by atoms with Crippen LogP contribution >= 0.6 is 0 Å². The number of pyridine rings is 1. The highest BCUT2D eigenvalue weighted by Gasteiger charge is 2.15. The number of nitro benzene ring substituents is 1. The second-order valence-electron chi connectivity index (χ2n) is 6.81. The topological polar surface area (TPSA) is 126 Å². The average Bonchev–Trinajstić information content (AvgIpc) is 2.72. The summed E-state index contributed by atoms with van der Waals surface area (Å²) in [6.07, 6.45) is 3.38. The minimum atomic E-state index is -0.446. The zero-order valence-corrected chi connectivity index (χ0v) is 16.1. The summed E-state index contributed by atoms with van der Waals surface area (Å²) in [7, 11) is 0. The lowest BCUT2D eigenvalue weighted by Gasteiger charge is -2.20. The van der Waals surface area contributed by atoms with Gasteiger partial charge in [0.05, 0.1) is 23.3 Å². The molecule has 1 atom stereocenters. The molecule has 3 aromatic rings. The highest BCUT2D eigenvalue weighted by molar-refractivity contribution is 5.67. The molecule has 9 nitrogen and oxygen atoms in total. The largest absolute Gasteiger partial charge is 0.394 e. The number of benzene rings is 1. The van der Waals surface area contributed by atoms with E-state index in [1.807, 2.05) is 26.0 Å². The maximum Gasteiger partial charge on any atom is 0.269 e. The second-order valence-corrected chi connectivity index (χ2v) is 6.81. The van der Waals surface area contributed by atoms with Crippen molar-refractivity contribution >= 4 is 23.1 Å². The monoisotopic (exact) mass is 394 g/mol. The van der Waals surface area contributed by atoms with E-state index < -0.39 is 4.92 Å². The third-order valence-electron chi connectivity index (χ3n) is 4.35. The van der Waals surface area contributed by atoms with E-state index in [9.17, 15) is 15.2 Å². The Morgan fingerprint density at radius 3 is 2.52 bits per heavy atom. The Morgan fingerprint density at radius 1 is 1.17 bits per heavy atom. The number of nitrogens with one attached hydrogen (secondary N) is 2. The SMILES string of the molecule is CC(C)[C@@H](CO)Nc1nc(Nc2ccc([N+](=O)[O-])cc2)cc(-c2cccnc2)n1. The predicted octanol–water partition coefficient (Wildman–Crippen LogP) is 3.62. The summed E-state index contributed by atoms with van der Waals surface area (Å²) in [5.41, 5.74) is 2.13. The number of non-ortho nitro benzene ring substituents is 1. The van der Waals surface area contributed by atoms with Gasteiger partial charge in [0.25, 0.3) is 5.69 Å². The number of nitrogens with zero attached hydrogens (tertiary/aromatic N) is 4. The lowest BCUT2D eigenvalue weighted by molar-refractivity contribution is -0.384. The normalized spacial score (nSPS) is 11.9. The molecule has 29 heavy (non-hydrogen) atoms. The maximum absolute atomic E-state index is 10.8. The molecule has 0 amide bonds. The molecule has 0 bridgehead atoms. The Kier molecular flexibility index (Phi) is 6.30. The third-order valence-corrected chi connectivity index (χ3v) is 4.35. The predicted molar refractivity (Wildman–Crippen MR) is 111 cm³/mol. The van der Waals surface area contributed by atoms with Crippen LogP contribution in [0.4, 0.5) is 23.1 Å². The molecule has 9 heteroatoms. The van der Waals surface area contributed by atoms with Crippen molar-refractivity contribution in [2.75, 3.05) is 17.2 Å². The standard InChI is InChI=1S/C20H22N6O3/c1-13(2)18(12-27)24-20-23-17(14-4-3-9-21-11-14)10-19(25-20)22-15-5-7-16(8-6-15)26(28)29/h3-11,13,18,27H,12H2,1-2H3,(H2,22,23,24,25)/t18-/m1/s1. The van der Waals surface area contributed by atoms with Crippen LogP contribution in [0.25, 0.3) is 11.3 Å². The van der Waals surface area contributed by atoms with Crippen LogP contribution in [0.15, 0.2) is 54.9 Å². The number of hydrogen-bond donors (Lipinski definition) is 3. The van der Waals surface area contributed by atoms with Crippen LogP contribution in [0, 0.1) is 16.0 Å². The Hall–Kier alpha value is -3.59. The van der Waals surface area contributed by atoms with Crippen molar-refractivity contribution in [3.05, 3.63) is 65.0 Å². The van der Waals surface area contributed by atoms with Crippen molar-refractivity contribution in [3.63, 3.8) is 0 Å². The quantitative estimate of drug-likeness (QED) is 0.391. The van der Waals surface area contributed by atoms with Gasteiger partial charge < -0.3 is 15.7 Å². The lowest BCUT2D eigenvalue weighted by Crippen LogP contribution is -2.30.